The minimum atomic E-state index is 0.223. The van der Waals surface area contributed by atoms with Crippen LogP contribution in [0.15, 0.2) is 0 Å². The summed E-state index contributed by atoms with van der Waals surface area (Å²) < 4.78 is 0. The van der Waals surface area contributed by atoms with Gasteiger partial charge >= 0.3 is 0 Å². The van der Waals surface area contributed by atoms with E-state index in [0.29, 0.717) is 5.82 Å². The summed E-state index contributed by atoms with van der Waals surface area (Å²) in [6, 6.07) is 0. The number of anilines is 3. The van der Waals surface area contributed by atoms with E-state index in [9.17, 15) is 0 Å². The van der Waals surface area contributed by atoms with Crippen LogP contribution in [0, 0.1) is 6.42 Å². The minimum absolute atomic E-state index is 0.223. The smallest absolute Gasteiger partial charge is 0.223 e. The van der Waals surface area contributed by atoms with Crippen molar-refractivity contribution in [3.05, 3.63) is 12.0 Å². The highest BCUT2D eigenvalue weighted by Crippen LogP contribution is 2.23. The van der Waals surface area contributed by atoms with Gasteiger partial charge < -0.3 is 16.8 Å². The van der Waals surface area contributed by atoms with Crippen molar-refractivity contribution in [1.29, 1.82) is 0 Å². The van der Waals surface area contributed by atoms with Crippen LogP contribution in [0.5, 0.6) is 0 Å². The van der Waals surface area contributed by atoms with Crippen molar-refractivity contribution in [1.82, 2.24) is 9.97 Å². The Bertz CT molecular complexity index is 309. The fourth-order valence-corrected chi connectivity index (χ4v) is 1.25. The van der Waals surface area contributed by atoms with Crippen molar-refractivity contribution in [3.63, 3.8) is 0 Å². The SMILES string of the molecule is Nc1nc(N)c2c(n1)NC[CH]C2. The molecule has 1 aromatic heterocycles. The van der Waals surface area contributed by atoms with Crippen LogP contribution in [0.25, 0.3) is 0 Å². The lowest BCUT2D eigenvalue weighted by atomic mass is 10.1. The number of nitrogen functional groups attached to an aromatic ring is 2. The predicted molar refractivity (Wildman–Crippen MR) is 47.4 cm³/mol. The molecule has 5 nitrogen and oxygen atoms in total. The second-order valence-corrected chi connectivity index (χ2v) is 2.67. The Morgan fingerprint density at radius 2 is 2.17 bits per heavy atom. The second kappa shape index (κ2) is 2.51. The molecular weight excluding hydrogens is 154 g/mol. The fraction of sp³-hybridized carbons (Fsp3) is 0.286. The van der Waals surface area contributed by atoms with Crippen molar-refractivity contribution in [2.75, 3.05) is 23.3 Å². The Morgan fingerprint density at radius 3 is 3.00 bits per heavy atom. The summed E-state index contributed by atoms with van der Waals surface area (Å²) in [4.78, 5) is 7.90. The van der Waals surface area contributed by atoms with Crippen molar-refractivity contribution in [2.45, 2.75) is 6.42 Å². The first-order valence-corrected chi connectivity index (χ1v) is 3.75. The van der Waals surface area contributed by atoms with Gasteiger partial charge in [0.1, 0.15) is 11.6 Å². The molecule has 1 radical (unpaired) electrons. The third-order valence-corrected chi connectivity index (χ3v) is 1.82. The molecule has 2 rings (SSSR count). The first kappa shape index (κ1) is 7.15. The summed E-state index contributed by atoms with van der Waals surface area (Å²) in [5, 5.41) is 3.08. The van der Waals surface area contributed by atoms with Crippen molar-refractivity contribution in [2.24, 2.45) is 0 Å². The van der Waals surface area contributed by atoms with Gasteiger partial charge in [0.25, 0.3) is 0 Å². The number of nitrogens with zero attached hydrogens (tertiary/aromatic N) is 2. The van der Waals surface area contributed by atoms with Crippen LogP contribution in [0.3, 0.4) is 0 Å². The lowest BCUT2D eigenvalue weighted by Crippen LogP contribution is -2.17. The van der Waals surface area contributed by atoms with E-state index in [-0.39, 0.29) is 5.95 Å². The van der Waals surface area contributed by atoms with E-state index in [2.05, 4.69) is 21.7 Å². The first-order valence-electron chi connectivity index (χ1n) is 3.75. The molecule has 0 saturated carbocycles. The largest absolute Gasteiger partial charge is 0.383 e. The highest BCUT2D eigenvalue weighted by molar-refractivity contribution is 5.60. The fourth-order valence-electron chi connectivity index (χ4n) is 1.25. The number of hydrogen-bond acceptors (Lipinski definition) is 5. The maximum absolute atomic E-state index is 5.65. The van der Waals surface area contributed by atoms with Gasteiger partial charge in [-0.2, -0.15) is 9.97 Å². The molecule has 0 atom stereocenters. The summed E-state index contributed by atoms with van der Waals surface area (Å²) in [5.41, 5.74) is 12.0. The molecule has 1 aliphatic heterocycles. The van der Waals surface area contributed by atoms with Crippen molar-refractivity contribution >= 4 is 17.6 Å². The zero-order valence-electron chi connectivity index (χ0n) is 6.54. The predicted octanol–water partition coefficient (Wildman–Crippen LogP) is -0.187. The molecule has 0 aromatic carbocycles. The van der Waals surface area contributed by atoms with E-state index in [4.69, 9.17) is 11.5 Å². The van der Waals surface area contributed by atoms with Crippen LogP contribution >= 0.6 is 0 Å². The van der Waals surface area contributed by atoms with Gasteiger partial charge in [0.05, 0.1) is 0 Å². The summed E-state index contributed by atoms with van der Waals surface area (Å²) in [5.74, 6) is 1.46. The highest BCUT2D eigenvalue weighted by Gasteiger charge is 2.14. The van der Waals surface area contributed by atoms with E-state index in [0.717, 1.165) is 24.3 Å². The molecule has 0 bridgehead atoms. The molecule has 0 aliphatic carbocycles. The molecule has 1 aromatic rings. The number of aromatic nitrogens is 2. The maximum atomic E-state index is 5.65. The van der Waals surface area contributed by atoms with Crippen LogP contribution in [0.4, 0.5) is 17.6 Å². The molecule has 12 heavy (non-hydrogen) atoms. The summed E-state index contributed by atoms with van der Waals surface area (Å²) >= 11 is 0. The van der Waals surface area contributed by atoms with Crippen LogP contribution in [0.2, 0.25) is 0 Å². The third-order valence-electron chi connectivity index (χ3n) is 1.82. The Kier molecular flexibility index (Phi) is 1.49. The number of nitrogens with one attached hydrogen (secondary N) is 1. The summed E-state index contributed by atoms with van der Waals surface area (Å²) in [6.07, 6.45) is 2.90. The Hall–Kier alpha value is -1.52. The van der Waals surface area contributed by atoms with Gasteiger partial charge in [0.2, 0.25) is 5.95 Å². The molecule has 0 unspecified atom stereocenters. The van der Waals surface area contributed by atoms with Gasteiger partial charge in [-0.25, -0.2) is 0 Å². The average Bonchev–Trinajstić information content (AvgIpc) is 2.04. The summed E-state index contributed by atoms with van der Waals surface area (Å²) in [6.45, 7) is 0.808. The Morgan fingerprint density at radius 1 is 1.33 bits per heavy atom. The van der Waals surface area contributed by atoms with Gasteiger partial charge in [0.15, 0.2) is 0 Å². The molecule has 63 valence electrons. The van der Waals surface area contributed by atoms with Crippen LogP contribution in [0.1, 0.15) is 5.56 Å². The second-order valence-electron chi connectivity index (χ2n) is 2.67. The lowest BCUT2D eigenvalue weighted by Gasteiger charge is -2.17. The molecule has 0 saturated heterocycles. The van der Waals surface area contributed by atoms with Crippen molar-refractivity contribution < 1.29 is 0 Å². The van der Waals surface area contributed by atoms with Gasteiger partial charge in [-0.05, 0) is 12.8 Å². The van der Waals surface area contributed by atoms with E-state index in [1.54, 1.807) is 0 Å². The number of nitrogens with two attached hydrogens (primary N) is 2. The number of fused-ring (bicyclic) bond motifs is 1. The third kappa shape index (κ3) is 1.03. The van der Waals surface area contributed by atoms with E-state index < -0.39 is 0 Å². The average molecular weight is 164 g/mol. The monoisotopic (exact) mass is 164 g/mol. The van der Waals surface area contributed by atoms with Gasteiger partial charge in [-0.3, -0.25) is 0 Å². The zero-order valence-corrected chi connectivity index (χ0v) is 6.54. The molecule has 0 spiro atoms. The van der Waals surface area contributed by atoms with E-state index in [1.165, 1.54) is 0 Å². The molecule has 1 aliphatic rings. The van der Waals surface area contributed by atoms with Gasteiger partial charge in [-0.15, -0.1) is 0 Å². The Labute approximate surface area is 70.2 Å². The van der Waals surface area contributed by atoms with Gasteiger partial charge in [-0.1, -0.05) is 0 Å². The van der Waals surface area contributed by atoms with E-state index in [1.807, 2.05) is 0 Å². The molecular formula is C7H10N5. The van der Waals surface area contributed by atoms with Crippen molar-refractivity contribution in [3.8, 4) is 0 Å². The number of hydrogen-bond donors (Lipinski definition) is 3. The van der Waals surface area contributed by atoms with Crippen LogP contribution in [-0.2, 0) is 6.42 Å². The zero-order chi connectivity index (χ0) is 8.55. The highest BCUT2D eigenvalue weighted by atomic mass is 15.1. The molecule has 0 amide bonds. The maximum Gasteiger partial charge on any atom is 0.223 e. The number of rotatable bonds is 0. The molecule has 5 N–H and O–H groups in total. The topological polar surface area (TPSA) is 89.8 Å². The quantitative estimate of drug-likeness (QED) is 0.494. The molecule has 2 heterocycles. The molecule has 5 heteroatoms. The van der Waals surface area contributed by atoms with Gasteiger partial charge in [0, 0.05) is 12.1 Å². The Balaban J connectivity index is 2.53. The van der Waals surface area contributed by atoms with Crippen LogP contribution in [-0.4, -0.2) is 16.5 Å². The van der Waals surface area contributed by atoms with Crippen LogP contribution < -0.4 is 16.8 Å². The normalized spacial score (nSPS) is 15.0. The minimum Gasteiger partial charge on any atom is -0.383 e. The first-order chi connectivity index (χ1) is 5.77. The lowest BCUT2D eigenvalue weighted by molar-refractivity contribution is 0.973. The standard InChI is InChI=1S/C7H10N5/c8-5-4-2-1-3-10-6(4)12-7(9)11-5/h1H,2-3H2,(H5,8,9,10,11,12). The molecule has 0 fully saturated rings. The van der Waals surface area contributed by atoms with E-state index >= 15 is 0 Å². The summed E-state index contributed by atoms with van der Waals surface area (Å²) in [7, 11) is 0.